The van der Waals surface area contributed by atoms with E-state index in [0.717, 1.165) is 32.7 Å². The minimum Gasteiger partial charge on any atom is -0.377 e. The van der Waals surface area contributed by atoms with Crippen LogP contribution in [0.4, 0.5) is 0 Å². The number of ether oxygens (including phenoxy) is 1. The summed E-state index contributed by atoms with van der Waals surface area (Å²) in [5.74, 6) is 0. The second-order valence-electron chi connectivity index (χ2n) is 5.64. The van der Waals surface area contributed by atoms with Crippen molar-refractivity contribution in [2.24, 2.45) is 0 Å². The van der Waals surface area contributed by atoms with Crippen LogP contribution in [0.15, 0.2) is 28.7 Å². The summed E-state index contributed by atoms with van der Waals surface area (Å²) in [4.78, 5) is 2.34. The van der Waals surface area contributed by atoms with Gasteiger partial charge >= 0.3 is 0 Å². The summed E-state index contributed by atoms with van der Waals surface area (Å²) in [7, 11) is 2.16. The first kappa shape index (κ1) is 18.6. The van der Waals surface area contributed by atoms with E-state index in [4.69, 9.17) is 4.74 Å². The van der Waals surface area contributed by atoms with Gasteiger partial charge < -0.3 is 15.0 Å². The first-order valence-corrected chi connectivity index (χ1v) is 8.61. The molecule has 0 amide bonds. The van der Waals surface area contributed by atoms with Gasteiger partial charge in [-0.25, -0.2) is 0 Å². The Morgan fingerprint density at radius 1 is 1.24 bits per heavy atom. The number of hydrogen-bond acceptors (Lipinski definition) is 3. The van der Waals surface area contributed by atoms with Crippen LogP contribution in [0.3, 0.4) is 0 Å². The summed E-state index contributed by atoms with van der Waals surface area (Å²) in [5.41, 5.74) is 1.34. The third-order valence-electron chi connectivity index (χ3n) is 3.45. The molecule has 0 aromatic heterocycles. The first-order valence-electron chi connectivity index (χ1n) is 7.82. The van der Waals surface area contributed by atoms with Crippen LogP contribution < -0.4 is 5.32 Å². The van der Waals surface area contributed by atoms with Crippen LogP contribution in [-0.4, -0.2) is 44.3 Å². The predicted molar refractivity (Wildman–Crippen MR) is 93.8 cm³/mol. The Hall–Kier alpha value is -0.420. The van der Waals surface area contributed by atoms with Crippen molar-refractivity contribution in [2.45, 2.75) is 39.3 Å². The lowest BCUT2D eigenvalue weighted by Crippen LogP contribution is -2.30. The summed E-state index contributed by atoms with van der Waals surface area (Å²) in [6.07, 6.45) is 1.41. The molecule has 21 heavy (non-hydrogen) atoms. The second-order valence-corrected chi connectivity index (χ2v) is 6.50. The van der Waals surface area contributed by atoms with Gasteiger partial charge in [0.05, 0.1) is 12.7 Å². The highest BCUT2D eigenvalue weighted by atomic mass is 79.9. The molecule has 0 spiro atoms. The van der Waals surface area contributed by atoms with Gasteiger partial charge in [-0.15, -0.1) is 0 Å². The van der Waals surface area contributed by atoms with Gasteiger partial charge in [0.1, 0.15) is 0 Å². The molecule has 1 atom stereocenters. The minimum atomic E-state index is 0.313. The largest absolute Gasteiger partial charge is 0.377 e. The molecule has 3 nitrogen and oxygen atoms in total. The Balaban J connectivity index is 2.46. The zero-order valence-corrected chi connectivity index (χ0v) is 15.3. The quantitative estimate of drug-likeness (QED) is 0.689. The lowest BCUT2D eigenvalue weighted by molar-refractivity contribution is 0.0632. The molecule has 0 fully saturated rings. The van der Waals surface area contributed by atoms with E-state index in [-0.39, 0.29) is 0 Å². The number of nitrogens with zero attached hydrogens (tertiary/aromatic N) is 1. The van der Waals surface area contributed by atoms with Crippen molar-refractivity contribution in [1.82, 2.24) is 10.2 Å². The number of likely N-dealkylation sites (N-methyl/N-ethyl adjacent to an activating group) is 1. The molecule has 4 heteroatoms. The average molecular weight is 357 g/mol. The highest BCUT2D eigenvalue weighted by molar-refractivity contribution is 9.10. The van der Waals surface area contributed by atoms with Crippen molar-refractivity contribution < 1.29 is 4.74 Å². The van der Waals surface area contributed by atoms with E-state index in [1.807, 2.05) is 0 Å². The average Bonchev–Trinajstić information content (AvgIpc) is 2.44. The molecule has 0 aliphatic heterocycles. The number of hydrogen-bond donors (Lipinski definition) is 1. The Morgan fingerprint density at radius 2 is 1.95 bits per heavy atom. The summed E-state index contributed by atoms with van der Waals surface area (Å²) >= 11 is 3.66. The molecule has 0 heterocycles. The van der Waals surface area contributed by atoms with E-state index < -0.39 is 0 Å². The molecule has 0 aliphatic rings. The van der Waals surface area contributed by atoms with E-state index in [0.29, 0.717) is 12.1 Å². The zero-order chi connectivity index (χ0) is 15.7. The molecule has 0 aliphatic carbocycles. The van der Waals surface area contributed by atoms with Crippen LogP contribution in [0, 0.1) is 0 Å². The number of benzene rings is 1. The molecule has 0 radical (unpaired) electrons. The molecule has 1 aromatic carbocycles. The monoisotopic (exact) mass is 356 g/mol. The second kappa shape index (κ2) is 10.3. The number of halogens is 1. The fourth-order valence-corrected chi connectivity index (χ4v) is 2.84. The van der Waals surface area contributed by atoms with Gasteiger partial charge in [0.25, 0.3) is 0 Å². The molecule has 1 rings (SSSR count). The van der Waals surface area contributed by atoms with Crippen LogP contribution in [-0.2, 0) is 4.74 Å². The SMILES string of the molecule is CCNC(CCN(C)CCOC(C)C)c1ccccc1Br. The summed E-state index contributed by atoms with van der Waals surface area (Å²) in [6, 6.07) is 8.86. The maximum atomic E-state index is 5.61. The summed E-state index contributed by atoms with van der Waals surface area (Å²) < 4.78 is 6.79. The Labute approximate surface area is 138 Å². The lowest BCUT2D eigenvalue weighted by Gasteiger charge is -2.23. The molecular formula is C17H29BrN2O. The van der Waals surface area contributed by atoms with Crippen molar-refractivity contribution >= 4 is 15.9 Å². The van der Waals surface area contributed by atoms with Crippen molar-refractivity contribution in [2.75, 3.05) is 33.3 Å². The van der Waals surface area contributed by atoms with Crippen molar-refractivity contribution in [3.63, 3.8) is 0 Å². The van der Waals surface area contributed by atoms with Crippen molar-refractivity contribution in [1.29, 1.82) is 0 Å². The maximum absolute atomic E-state index is 5.61. The summed E-state index contributed by atoms with van der Waals surface area (Å²) in [6.45, 7) is 10.1. The van der Waals surface area contributed by atoms with Gasteiger partial charge in [0, 0.05) is 17.1 Å². The van der Waals surface area contributed by atoms with Gasteiger partial charge in [-0.2, -0.15) is 0 Å². The predicted octanol–water partition coefficient (Wildman–Crippen LogP) is 3.85. The number of rotatable bonds is 10. The van der Waals surface area contributed by atoms with E-state index >= 15 is 0 Å². The Morgan fingerprint density at radius 3 is 2.57 bits per heavy atom. The molecule has 120 valence electrons. The van der Waals surface area contributed by atoms with E-state index in [9.17, 15) is 0 Å². The van der Waals surface area contributed by atoms with E-state index in [1.165, 1.54) is 10.0 Å². The fourth-order valence-electron chi connectivity index (χ4n) is 2.28. The van der Waals surface area contributed by atoms with Gasteiger partial charge in [0.2, 0.25) is 0 Å². The van der Waals surface area contributed by atoms with Crippen LogP contribution in [0.1, 0.15) is 38.8 Å². The highest BCUT2D eigenvalue weighted by Gasteiger charge is 2.13. The van der Waals surface area contributed by atoms with Crippen LogP contribution in [0.2, 0.25) is 0 Å². The molecule has 1 aromatic rings. The standard InChI is InChI=1S/C17H29BrN2O/c1-5-19-17(15-8-6-7-9-16(15)18)10-11-20(4)12-13-21-14(2)3/h6-9,14,17,19H,5,10-13H2,1-4H3. The van der Waals surface area contributed by atoms with Crippen LogP contribution in [0.25, 0.3) is 0 Å². The molecule has 0 saturated heterocycles. The van der Waals surface area contributed by atoms with Gasteiger partial charge in [-0.05, 0) is 52.0 Å². The van der Waals surface area contributed by atoms with Gasteiger partial charge in [-0.3, -0.25) is 0 Å². The van der Waals surface area contributed by atoms with Crippen molar-refractivity contribution in [3.05, 3.63) is 34.3 Å². The normalized spacial score (nSPS) is 13.1. The first-order chi connectivity index (χ1) is 10.0. The Bertz CT molecular complexity index is 398. The van der Waals surface area contributed by atoms with E-state index in [2.05, 4.69) is 78.2 Å². The van der Waals surface area contributed by atoms with Crippen LogP contribution in [0.5, 0.6) is 0 Å². The third-order valence-corrected chi connectivity index (χ3v) is 4.18. The molecule has 0 bridgehead atoms. The van der Waals surface area contributed by atoms with Gasteiger partial charge in [0.15, 0.2) is 0 Å². The number of nitrogens with one attached hydrogen (secondary N) is 1. The lowest BCUT2D eigenvalue weighted by atomic mass is 10.0. The minimum absolute atomic E-state index is 0.313. The molecule has 0 saturated carbocycles. The van der Waals surface area contributed by atoms with Crippen molar-refractivity contribution in [3.8, 4) is 0 Å². The highest BCUT2D eigenvalue weighted by Crippen LogP contribution is 2.25. The fraction of sp³-hybridized carbons (Fsp3) is 0.647. The maximum Gasteiger partial charge on any atom is 0.0596 e. The van der Waals surface area contributed by atoms with E-state index in [1.54, 1.807) is 0 Å². The molecule has 1 N–H and O–H groups in total. The zero-order valence-electron chi connectivity index (χ0n) is 13.7. The topological polar surface area (TPSA) is 24.5 Å². The third kappa shape index (κ3) is 7.41. The smallest absolute Gasteiger partial charge is 0.0596 e. The Kier molecular flexibility index (Phi) is 9.16. The van der Waals surface area contributed by atoms with Gasteiger partial charge in [-0.1, -0.05) is 41.1 Å². The molecular weight excluding hydrogens is 328 g/mol. The summed E-state index contributed by atoms with van der Waals surface area (Å²) in [5, 5.41) is 3.58. The molecule has 1 unspecified atom stereocenters. The van der Waals surface area contributed by atoms with Crippen LogP contribution >= 0.6 is 15.9 Å².